The van der Waals surface area contributed by atoms with Gasteiger partial charge in [0.25, 0.3) is 0 Å². The molecule has 2 aromatic rings. The van der Waals surface area contributed by atoms with Crippen LogP contribution < -0.4 is 0 Å². The van der Waals surface area contributed by atoms with Crippen LogP contribution >= 0.6 is 0 Å². The van der Waals surface area contributed by atoms with Crippen LogP contribution in [0.1, 0.15) is 12.5 Å². The van der Waals surface area contributed by atoms with Gasteiger partial charge in [0.15, 0.2) is 0 Å². The Bertz CT molecular complexity index is 479. The molecule has 0 bridgehead atoms. The fraction of sp³-hybridized carbons (Fsp3) is 0.0833. The van der Waals surface area contributed by atoms with Gasteiger partial charge in [-0.3, -0.25) is 4.98 Å². The standard InChI is InChI=1S/C12H10FN/c1-9(13)8-10-4-2-6-12-11(10)5-3-7-14-12/h2-8H,1H3. The van der Waals surface area contributed by atoms with Crippen LogP contribution in [0, 0.1) is 0 Å². The average molecular weight is 187 g/mol. The summed E-state index contributed by atoms with van der Waals surface area (Å²) in [5.74, 6) is -0.193. The zero-order chi connectivity index (χ0) is 9.97. The first-order chi connectivity index (χ1) is 6.77. The summed E-state index contributed by atoms with van der Waals surface area (Å²) in [5, 5.41) is 0.979. The highest BCUT2D eigenvalue weighted by Crippen LogP contribution is 2.19. The summed E-state index contributed by atoms with van der Waals surface area (Å²) >= 11 is 0. The molecule has 1 heterocycles. The average Bonchev–Trinajstić information content (AvgIpc) is 2.18. The van der Waals surface area contributed by atoms with Crippen LogP contribution in [-0.4, -0.2) is 4.98 Å². The molecule has 1 aromatic heterocycles. The van der Waals surface area contributed by atoms with Gasteiger partial charge in [0.1, 0.15) is 0 Å². The molecule has 1 aromatic carbocycles. The third-order valence-corrected chi connectivity index (χ3v) is 2.03. The van der Waals surface area contributed by atoms with Crippen molar-refractivity contribution in [3.05, 3.63) is 47.9 Å². The Morgan fingerprint density at radius 1 is 1.29 bits per heavy atom. The van der Waals surface area contributed by atoms with E-state index in [9.17, 15) is 4.39 Å². The lowest BCUT2D eigenvalue weighted by Gasteiger charge is -2.00. The van der Waals surface area contributed by atoms with Crippen molar-refractivity contribution in [1.29, 1.82) is 0 Å². The molecular formula is C12H10FN. The van der Waals surface area contributed by atoms with Crippen LogP contribution in [0.25, 0.3) is 17.0 Å². The van der Waals surface area contributed by atoms with Crippen molar-refractivity contribution in [3.63, 3.8) is 0 Å². The molecule has 0 aliphatic carbocycles. The van der Waals surface area contributed by atoms with Crippen molar-refractivity contribution in [2.45, 2.75) is 6.92 Å². The molecule has 0 spiro atoms. The maximum absolute atomic E-state index is 12.8. The number of aromatic nitrogens is 1. The molecule has 0 fully saturated rings. The SMILES string of the molecule is CC(F)=Cc1cccc2ncccc12. The molecule has 0 amide bonds. The molecule has 14 heavy (non-hydrogen) atoms. The summed E-state index contributed by atoms with van der Waals surface area (Å²) in [6, 6.07) is 9.47. The zero-order valence-corrected chi connectivity index (χ0v) is 7.87. The van der Waals surface area contributed by atoms with E-state index < -0.39 is 0 Å². The zero-order valence-electron chi connectivity index (χ0n) is 7.87. The van der Waals surface area contributed by atoms with Crippen LogP contribution in [0.15, 0.2) is 42.4 Å². The van der Waals surface area contributed by atoms with Crippen molar-refractivity contribution < 1.29 is 4.39 Å². The highest BCUT2D eigenvalue weighted by atomic mass is 19.1. The lowest BCUT2D eigenvalue weighted by molar-refractivity contribution is 0.648. The molecule has 0 N–H and O–H groups in total. The van der Waals surface area contributed by atoms with E-state index in [4.69, 9.17) is 0 Å². The number of hydrogen-bond donors (Lipinski definition) is 0. The highest BCUT2D eigenvalue weighted by molar-refractivity contribution is 5.87. The molecule has 0 radical (unpaired) electrons. The monoisotopic (exact) mass is 187 g/mol. The van der Waals surface area contributed by atoms with E-state index in [2.05, 4.69) is 4.98 Å². The third-order valence-electron chi connectivity index (χ3n) is 2.03. The molecule has 0 saturated heterocycles. The van der Waals surface area contributed by atoms with Crippen LogP contribution in [-0.2, 0) is 0 Å². The number of halogens is 1. The van der Waals surface area contributed by atoms with Gasteiger partial charge in [-0.15, -0.1) is 0 Å². The Hall–Kier alpha value is -1.70. The largest absolute Gasteiger partial charge is 0.256 e. The molecular weight excluding hydrogens is 177 g/mol. The summed E-state index contributed by atoms with van der Waals surface area (Å²) in [5.41, 5.74) is 1.76. The van der Waals surface area contributed by atoms with E-state index in [1.165, 1.54) is 13.0 Å². The minimum Gasteiger partial charge on any atom is -0.256 e. The van der Waals surface area contributed by atoms with E-state index in [1.807, 2.05) is 30.3 Å². The van der Waals surface area contributed by atoms with Crippen LogP contribution in [0.3, 0.4) is 0 Å². The second-order valence-electron chi connectivity index (χ2n) is 3.15. The van der Waals surface area contributed by atoms with Crippen LogP contribution in [0.5, 0.6) is 0 Å². The van der Waals surface area contributed by atoms with Gasteiger partial charge in [0.2, 0.25) is 0 Å². The lowest BCUT2D eigenvalue weighted by Crippen LogP contribution is -1.81. The Labute approximate surface area is 81.9 Å². The molecule has 0 saturated carbocycles. The maximum Gasteiger partial charge on any atom is 0.0974 e. The fourth-order valence-electron chi connectivity index (χ4n) is 1.47. The Balaban J connectivity index is 2.71. The number of allylic oxidation sites excluding steroid dienone is 1. The number of pyridine rings is 1. The predicted molar refractivity (Wildman–Crippen MR) is 56.5 cm³/mol. The Kier molecular flexibility index (Phi) is 2.27. The smallest absolute Gasteiger partial charge is 0.0974 e. The topological polar surface area (TPSA) is 12.9 Å². The van der Waals surface area contributed by atoms with E-state index >= 15 is 0 Å². The van der Waals surface area contributed by atoms with Gasteiger partial charge in [0, 0.05) is 11.6 Å². The summed E-state index contributed by atoms with van der Waals surface area (Å²) in [6.07, 6.45) is 3.25. The normalized spacial score (nSPS) is 12.0. The van der Waals surface area contributed by atoms with Crippen LogP contribution in [0.4, 0.5) is 4.39 Å². The van der Waals surface area contributed by atoms with Crippen molar-refractivity contribution in [2.75, 3.05) is 0 Å². The predicted octanol–water partition coefficient (Wildman–Crippen LogP) is 3.57. The van der Waals surface area contributed by atoms with Gasteiger partial charge in [0.05, 0.1) is 11.3 Å². The van der Waals surface area contributed by atoms with E-state index in [-0.39, 0.29) is 5.83 Å². The summed E-state index contributed by atoms with van der Waals surface area (Å²) in [6.45, 7) is 1.44. The third kappa shape index (κ3) is 1.64. The van der Waals surface area contributed by atoms with Gasteiger partial charge in [-0.2, -0.15) is 0 Å². The number of fused-ring (bicyclic) bond motifs is 1. The lowest BCUT2D eigenvalue weighted by atomic mass is 10.1. The summed E-state index contributed by atoms with van der Waals surface area (Å²) in [4.78, 5) is 4.20. The second-order valence-corrected chi connectivity index (χ2v) is 3.15. The molecule has 2 rings (SSSR count). The number of hydrogen-bond acceptors (Lipinski definition) is 1. The maximum atomic E-state index is 12.8. The molecule has 1 nitrogen and oxygen atoms in total. The van der Waals surface area contributed by atoms with Crippen LogP contribution in [0.2, 0.25) is 0 Å². The number of benzene rings is 1. The molecule has 0 aliphatic rings. The van der Waals surface area contributed by atoms with Crippen molar-refractivity contribution in [2.24, 2.45) is 0 Å². The van der Waals surface area contributed by atoms with Crippen molar-refractivity contribution >= 4 is 17.0 Å². The van der Waals surface area contributed by atoms with E-state index in [0.717, 1.165) is 16.5 Å². The first kappa shape index (κ1) is 8.88. The van der Waals surface area contributed by atoms with Crippen molar-refractivity contribution in [3.8, 4) is 0 Å². The minimum absolute atomic E-state index is 0.193. The molecule has 2 heteroatoms. The summed E-state index contributed by atoms with van der Waals surface area (Å²) in [7, 11) is 0. The highest BCUT2D eigenvalue weighted by Gasteiger charge is 1.98. The quantitative estimate of drug-likeness (QED) is 0.665. The van der Waals surface area contributed by atoms with E-state index in [1.54, 1.807) is 6.20 Å². The van der Waals surface area contributed by atoms with Gasteiger partial charge >= 0.3 is 0 Å². The number of nitrogens with zero attached hydrogens (tertiary/aromatic N) is 1. The second kappa shape index (κ2) is 3.58. The molecule has 0 unspecified atom stereocenters. The van der Waals surface area contributed by atoms with Gasteiger partial charge < -0.3 is 0 Å². The summed E-state index contributed by atoms with van der Waals surface area (Å²) < 4.78 is 12.8. The number of rotatable bonds is 1. The fourth-order valence-corrected chi connectivity index (χ4v) is 1.47. The van der Waals surface area contributed by atoms with E-state index in [0.29, 0.717) is 0 Å². The molecule has 70 valence electrons. The van der Waals surface area contributed by atoms with Gasteiger partial charge in [-0.05, 0) is 30.7 Å². The van der Waals surface area contributed by atoms with Crippen molar-refractivity contribution in [1.82, 2.24) is 4.98 Å². The van der Waals surface area contributed by atoms with Gasteiger partial charge in [-0.1, -0.05) is 18.2 Å². The Morgan fingerprint density at radius 3 is 2.93 bits per heavy atom. The first-order valence-corrected chi connectivity index (χ1v) is 4.45. The molecule has 0 aliphatic heterocycles. The first-order valence-electron chi connectivity index (χ1n) is 4.45. The molecule has 0 atom stereocenters. The Morgan fingerprint density at radius 2 is 2.14 bits per heavy atom. The van der Waals surface area contributed by atoms with Gasteiger partial charge in [-0.25, -0.2) is 4.39 Å². The minimum atomic E-state index is -0.193.